The molecule has 0 radical (unpaired) electrons. The van der Waals surface area contributed by atoms with Gasteiger partial charge in [0.05, 0.1) is 10.6 Å². The Morgan fingerprint density at radius 2 is 1.85 bits per heavy atom. The summed E-state index contributed by atoms with van der Waals surface area (Å²) in [6, 6.07) is 15.1. The minimum Gasteiger partial charge on any atom is -0.457 e. The molecule has 2 aromatic carbocycles. The number of non-ortho nitro benzene ring substituents is 1. The predicted octanol–water partition coefficient (Wildman–Crippen LogP) is 4.56. The number of nitrogens with zero attached hydrogens (tertiary/aromatic N) is 2. The average Bonchev–Trinajstić information content (AvgIpc) is 3.25. The monoisotopic (exact) mass is 461 g/mol. The Morgan fingerprint density at radius 3 is 2.48 bits per heavy atom. The van der Waals surface area contributed by atoms with Crippen molar-refractivity contribution >= 4 is 46.6 Å². The maximum Gasteiger partial charge on any atom is 0.270 e. The molecule has 166 valence electrons. The van der Waals surface area contributed by atoms with Crippen molar-refractivity contribution < 1.29 is 18.9 Å². The maximum absolute atomic E-state index is 13.1. The third-order valence-electron chi connectivity index (χ3n) is 5.30. The highest BCUT2D eigenvalue weighted by atomic mass is 32.1. The molecule has 33 heavy (non-hydrogen) atoms. The van der Waals surface area contributed by atoms with E-state index in [2.05, 4.69) is 5.32 Å². The summed E-state index contributed by atoms with van der Waals surface area (Å²) in [5, 5.41) is 13.5. The van der Waals surface area contributed by atoms with Gasteiger partial charge in [0, 0.05) is 17.7 Å². The summed E-state index contributed by atoms with van der Waals surface area (Å²) >= 11 is 5.23. The van der Waals surface area contributed by atoms with E-state index in [-0.39, 0.29) is 22.1 Å². The van der Waals surface area contributed by atoms with Crippen molar-refractivity contribution in [2.24, 2.45) is 0 Å². The van der Waals surface area contributed by atoms with Crippen LogP contribution in [0.2, 0.25) is 0 Å². The molecule has 0 unspecified atom stereocenters. The summed E-state index contributed by atoms with van der Waals surface area (Å²) in [6.07, 6.45) is 2.21. The van der Waals surface area contributed by atoms with E-state index in [1.54, 1.807) is 37.3 Å². The summed E-state index contributed by atoms with van der Waals surface area (Å²) in [6.45, 7) is 3.77. The maximum atomic E-state index is 13.1. The zero-order valence-electron chi connectivity index (χ0n) is 17.8. The van der Waals surface area contributed by atoms with Crippen LogP contribution < -0.4 is 10.2 Å². The Labute approximate surface area is 194 Å². The molecule has 1 aliphatic rings. The van der Waals surface area contributed by atoms with Crippen LogP contribution in [0.1, 0.15) is 23.8 Å². The zero-order valence-corrected chi connectivity index (χ0v) is 18.6. The van der Waals surface area contributed by atoms with E-state index in [9.17, 15) is 19.7 Å². The number of aryl methyl sites for hydroxylation is 2. The van der Waals surface area contributed by atoms with E-state index < -0.39 is 16.7 Å². The van der Waals surface area contributed by atoms with Crippen LogP contribution in [0.5, 0.6) is 0 Å². The number of nitrogens with one attached hydrogen (secondary N) is 1. The smallest absolute Gasteiger partial charge is 0.270 e. The Hall–Kier alpha value is -4.11. The van der Waals surface area contributed by atoms with E-state index >= 15 is 0 Å². The number of rotatable bonds is 5. The molecular formula is C24H19N3O5S. The molecule has 0 spiro atoms. The van der Waals surface area contributed by atoms with Crippen LogP contribution in [0.3, 0.4) is 0 Å². The lowest BCUT2D eigenvalue weighted by molar-refractivity contribution is -0.384. The average molecular weight is 461 g/mol. The van der Waals surface area contributed by atoms with Gasteiger partial charge in [-0.25, -0.2) is 0 Å². The SMILES string of the molecule is CCc1ccc(N2C(=O)/C(=C\c3ccc(-c4ccc([N+](=O)[O-])cc4C)o3)C(=O)NC2=S)cc1. The summed E-state index contributed by atoms with van der Waals surface area (Å²) in [5.74, 6) is -0.427. The number of furan rings is 1. The van der Waals surface area contributed by atoms with E-state index in [4.69, 9.17) is 16.6 Å². The van der Waals surface area contributed by atoms with Crippen LogP contribution in [0.25, 0.3) is 17.4 Å². The van der Waals surface area contributed by atoms with Gasteiger partial charge in [-0.15, -0.1) is 0 Å². The first-order chi connectivity index (χ1) is 15.8. The summed E-state index contributed by atoms with van der Waals surface area (Å²) < 4.78 is 5.82. The molecule has 0 bridgehead atoms. The van der Waals surface area contributed by atoms with Gasteiger partial charge >= 0.3 is 0 Å². The summed E-state index contributed by atoms with van der Waals surface area (Å²) in [7, 11) is 0. The van der Waals surface area contributed by atoms with Gasteiger partial charge in [-0.2, -0.15) is 0 Å². The van der Waals surface area contributed by atoms with Gasteiger partial charge in [0.15, 0.2) is 5.11 Å². The van der Waals surface area contributed by atoms with Crippen molar-refractivity contribution in [3.63, 3.8) is 0 Å². The van der Waals surface area contributed by atoms with Gasteiger partial charge in [-0.05, 0) is 73.1 Å². The first-order valence-corrected chi connectivity index (χ1v) is 10.5. The van der Waals surface area contributed by atoms with Crippen LogP contribution >= 0.6 is 12.2 Å². The molecule has 0 atom stereocenters. The van der Waals surface area contributed by atoms with Crippen molar-refractivity contribution in [3.8, 4) is 11.3 Å². The number of nitro groups is 1. The fraction of sp³-hybridized carbons (Fsp3) is 0.125. The first kappa shape index (κ1) is 22.1. The van der Waals surface area contributed by atoms with Gasteiger partial charge in [0.1, 0.15) is 17.1 Å². The molecular weight excluding hydrogens is 442 g/mol. The fourth-order valence-corrected chi connectivity index (χ4v) is 3.81. The Bertz CT molecular complexity index is 1320. The highest BCUT2D eigenvalue weighted by molar-refractivity contribution is 7.80. The van der Waals surface area contributed by atoms with Crippen LogP contribution in [0.4, 0.5) is 11.4 Å². The number of carbonyl (C=O) groups excluding carboxylic acids is 2. The van der Waals surface area contributed by atoms with Crippen LogP contribution in [-0.4, -0.2) is 21.9 Å². The van der Waals surface area contributed by atoms with E-state index in [1.165, 1.54) is 23.1 Å². The number of hydrogen-bond acceptors (Lipinski definition) is 6. The lowest BCUT2D eigenvalue weighted by atomic mass is 10.1. The lowest BCUT2D eigenvalue weighted by Gasteiger charge is -2.28. The minimum absolute atomic E-state index is 0.00744. The second-order valence-corrected chi connectivity index (χ2v) is 7.82. The van der Waals surface area contributed by atoms with Gasteiger partial charge in [-0.3, -0.25) is 29.9 Å². The largest absolute Gasteiger partial charge is 0.457 e. The number of hydrogen-bond donors (Lipinski definition) is 1. The van der Waals surface area contributed by atoms with Crippen molar-refractivity contribution in [3.05, 3.63) is 87.2 Å². The van der Waals surface area contributed by atoms with Crippen LogP contribution in [0, 0.1) is 17.0 Å². The Kier molecular flexibility index (Phi) is 5.89. The number of carbonyl (C=O) groups is 2. The molecule has 2 heterocycles. The van der Waals surface area contributed by atoms with Gasteiger partial charge < -0.3 is 4.42 Å². The third-order valence-corrected chi connectivity index (χ3v) is 5.59. The fourth-order valence-electron chi connectivity index (χ4n) is 3.53. The molecule has 1 aliphatic heterocycles. The van der Waals surface area contributed by atoms with E-state index in [1.807, 2.05) is 19.1 Å². The van der Waals surface area contributed by atoms with Crippen molar-refractivity contribution in [2.45, 2.75) is 20.3 Å². The molecule has 1 N–H and O–H groups in total. The number of thiocarbonyl (C=S) groups is 1. The highest BCUT2D eigenvalue weighted by Crippen LogP contribution is 2.30. The zero-order chi connectivity index (χ0) is 23.7. The van der Waals surface area contributed by atoms with E-state index in [0.29, 0.717) is 22.6 Å². The first-order valence-electron chi connectivity index (χ1n) is 10.1. The predicted molar refractivity (Wildman–Crippen MR) is 128 cm³/mol. The summed E-state index contributed by atoms with van der Waals surface area (Å²) in [5.41, 5.74) is 2.86. The highest BCUT2D eigenvalue weighted by Gasteiger charge is 2.34. The van der Waals surface area contributed by atoms with Crippen molar-refractivity contribution in [1.82, 2.24) is 5.32 Å². The Balaban J connectivity index is 1.65. The number of amides is 2. The van der Waals surface area contributed by atoms with Crippen LogP contribution in [-0.2, 0) is 16.0 Å². The molecule has 1 fully saturated rings. The molecule has 3 aromatic rings. The number of anilines is 1. The lowest BCUT2D eigenvalue weighted by Crippen LogP contribution is -2.54. The molecule has 1 saturated heterocycles. The van der Waals surface area contributed by atoms with Crippen LogP contribution in [0.15, 0.2) is 64.6 Å². The van der Waals surface area contributed by atoms with Crippen molar-refractivity contribution in [1.29, 1.82) is 0 Å². The molecule has 0 aliphatic carbocycles. The summed E-state index contributed by atoms with van der Waals surface area (Å²) in [4.78, 5) is 37.4. The second kappa shape index (κ2) is 8.79. The molecule has 9 heteroatoms. The van der Waals surface area contributed by atoms with Gasteiger partial charge in [0.25, 0.3) is 17.5 Å². The topological polar surface area (TPSA) is 106 Å². The number of nitro benzene ring substituents is 1. The minimum atomic E-state index is -0.615. The Morgan fingerprint density at radius 1 is 1.12 bits per heavy atom. The molecule has 1 aromatic heterocycles. The molecule has 4 rings (SSSR count). The number of benzene rings is 2. The quantitative estimate of drug-likeness (QED) is 0.196. The molecule has 0 saturated carbocycles. The standard InChI is InChI=1S/C24H19N3O5S/c1-3-15-4-6-16(7-5-15)26-23(29)20(22(28)25-24(26)33)13-18-9-11-21(32-18)19-10-8-17(27(30)31)12-14(19)2/h4-13H,3H2,1-2H3,(H,25,28,33)/b20-13-. The normalized spacial score (nSPS) is 15.2. The second-order valence-electron chi connectivity index (χ2n) is 7.44. The third kappa shape index (κ3) is 4.31. The van der Waals surface area contributed by atoms with Crippen molar-refractivity contribution in [2.75, 3.05) is 4.90 Å². The van der Waals surface area contributed by atoms with Gasteiger partial charge in [0.2, 0.25) is 0 Å². The molecule has 8 nitrogen and oxygen atoms in total. The molecule has 2 amide bonds. The van der Waals surface area contributed by atoms with E-state index in [0.717, 1.165) is 12.0 Å². The van der Waals surface area contributed by atoms with Gasteiger partial charge in [-0.1, -0.05) is 19.1 Å².